The summed E-state index contributed by atoms with van der Waals surface area (Å²) < 4.78 is 0. The van der Waals surface area contributed by atoms with Crippen LogP contribution in [0.4, 0.5) is 0 Å². The van der Waals surface area contributed by atoms with Crippen molar-refractivity contribution >= 4 is 29.5 Å². The Labute approximate surface area is 136 Å². The van der Waals surface area contributed by atoms with E-state index >= 15 is 0 Å². The van der Waals surface area contributed by atoms with Gasteiger partial charge in [-0.2, -0.15) is 0 Å². The maximum atomic E-state index is 12.1. The topological polar surface area (TPSA) is 153 Å². The zero-order chi connectivity index (χ0) is 17.4. The van der Waals surface area contributed by atoms with Crippen molar-refractivity contribution in [3.05, 3.63) is 25.7 Å². The van der Waals surface area contributed by atoms with Crippen molar-refractivity contribution in [2.45, 2.75) is 32.7 Å². The fourth-order valence-electron chi connectivity index (χ4n) is 1.79. The molecular weight excluding hydrogens is 324 g/mol. The maximum absolute atomic E-state index is 12.1. The molecule has 1 amide bonds. The van der Waals surface area contributed by atoms with Crippen LogP contribution in [0, 0.1) is 24.0 Å². The molecule has 0 aliphatic heterocycles. The summed E-state index contributed by atoms with van der Waals surface area (Å²) in [5, 5.41) is 12.7. The lowest BCUT2D eigenvalue weighted by Gasteiger charge is -2.11. The van der Waals surface area contributed by atoms with Crippen molar-refractivity contribution in [1.29, 1.82) is 0 Å². The van der Waals surface area contributed by atoms with Gasteiger partial charge < -0.3 is 15.8 Å². The first-order valence-corrected chi connectivity index (χ1v) is 7.56. The Balaban J connectivity index is 2.46. The molecule has 10 nitrogen and oxygen atoms in total. The second-order valence-corrected chi connectivity index (χ2v) is 5.84. The van der Waals surface area contributed by atoms with Crippen LogP contribution in [0.3, 0.4) is 0 Å². The number of amides is 1. The molecule has 1 unspecified atom stereocenters. The maximum Gasteiger partial charge on any atom is 0.263 e. The van der Waals surface area contributed by atoms with Crippen LogP contribution in [0.25, 0.3) is 0 Å². The van der Waals surface area contributed by atoms with Gasteiger partial charge in [0.15, 0.2) is 5.03 Å². The van der Waals surface area contributed by atoms with Crippen LogP contribution < -0.4 is 16.5 Å². The zero-order valence-electron chi connectivity index (χ0n) is 12.7. The van der Waals surface area contributed by atoms with Gasteiger partial charge in [0, 0.05) is 6.54 Å². The highest BCUT2D eigenvalue weighted by molar-refractivity contribution is 7.13. The first kappa shape index (κ1) is 18.5. The molecule has 0 saturated heterocycles. The van der Waals surface area contributed by atoms with Crippen molar-refractivity contribution in [2.75, 3.05) is 6.54 Å². The molecule has 0 aliphatic carbocycles. The van der Waals surface area contributed by atoms with Gasteiger partial charge in [-0.1, -0.05) is 5.43 Å². The number of guanidine groups is 1. The van der Waals surface area contributed by atoms with E-state index in [0.717, 1.165) is 5.01 Å². The number of nitrogens with two attached hydrogens (primary N) is 1. The van der Waals surface area contributed by atoms with Crippen molar-refractivity contribution in [3.63, 3.8) is 0 Å². The van der Waals surface area contributed by atoms with Gasteiger partial charge in [-0.05, 0) is 26.7 Å². The molecule has 1 aromatic rings. The standard InChI is InChI=1S/C12H18N6O4S/c1-7-10(23-8(2)15-7)11(20)16-9(6-19)4-3-5-14-12(13)17-18(21)22/h6,9H,3-5H2,1-2H3,(H,16,20)(H3,13,14,17). The van der Waals surface area contributed by atoms with Crippen LogP contribution in [0.5, 0.6) is 0 Å². The third kappa shape index (κ3) is 6.38. The lowest BCUT2D eigenvalue weighted by molar-refractivity contribution is -0.525. The van der Waals surface area contributed by atoms with Crippen molar-refractivity contribution in [2.24, 2.45) is 10.7 Å². The number of aldehydes is 1. The number of thiazole rings is 1. The molecule has 0 aliphatic rings. The molecule has 23 heavy (non-hydrogen) atoms. The molecule has 1 atom stereocenters. The molecule has 0 saturated carbocycles. The Morgan fingerprint density at radius 3 is 2.78 bits per heavy atom. The van der Waals surface area contributed by atoms with Crippen LogP contribution in [0.2, 0.25) is 0 Å². The van der Waals surface area contributed by atoms with E-state index in [2.05, 4.69) is 15.3 Å². The summed E-state index contributed by atoms with van der Waals surface area (Å²) in [6, 6.07) is -0.663. The van der Waals surface area contributed by atoms with Crippen molar-refractivity contribution in [1.82, 2.24) is 15.7 Å². The molecule has 0 spiro atoms. The van der Waals surface area contributed by atoms with Gasteiger partial charge in [-0.3, -0.25) is 4.79 Å². The smallest absolute Gasteiger partial charge is 0.263 e. The molecular formula is C12H18N6O4S. The largest absolute Gasteiger partial charge is 0.365 e. The summed E-state index contributed by atoms with van der Waals surface area (Å²) in [5.41, 5.74) is 7.59. The van der Waals surface area contributed by atoms with Gasteiger partial charge >= 0.3 is 0 Å². The predicted molar refractivity (Wildman–Crippen MR) is 84.8 cm³/mol. The highest BCUT2D eigenvalue weighted by Gasteiger charge is 2.17. The first-order chi connectivity index (χ1) is 10.8. The van der Waals surface area contributed by atoms with E-state index in [4.69, 9.17) is 5.73 Å². The van der Waals surface area contributed by atoms with E-state index < -0.39 is 11.1 Å². The van der Waals surface area contributed by atoms with E-state index in [1.54, 1.807) is 19.3 Å². The number of hydrogen-bond donors (Lipinski definition) is 3. The average Bonchev–Trinajstić information content (AvgIpc) is 2.80. The quantitative estimate of drug-likeness (QED) is 0.149. The third-order valence-corrected chi connectivity index (χ3v) is 3.82. The minimum Gasteiger partial charge on any atom is -0.365 e. The molecule has 11 heteroatoms. The monoisotopic (exact) mass is 342 g/mol. The Hall–Kier alpha value is -2.56. The number of carbonyl (C=O) groups is 2. The normalized spacial score (nSPS) is 12.5. The van der Waals surface area contributed by atoms with E-state index in [1.165, 1.54) is 11.3 Å². The molecule has 0 bridgehead atoms. The number of nitrogens with one attached hydrogen (secondary N) is 2. The third-order valence-electron chi connectivity index (χ3n) is 2.75. The number of carbonyl (C=O) groups excluding carboxylic acids is 2. The van der Waals surface area contributed by atoms with Gasteiger partial charge in [0.25, 0.3) is 11.9 Å². The fourth-order valence-corrected chi connectivity index (χ4v) is 2.61. The molecule has 1 rings (SSSR count). The van der Waals surface area contributed by atoms with E-state index in [1.807, 2.05) is 0 Å². The highest BCUT2D eigenvalue weighted by atomic mass is 32.1. The Morgan fingerprint density at radius 1 is 1.57 bits per heavy atom. The molecule has 0 aromatic carbocycles. The molecule has 126 valence electrons. The second kappa shape index (κ2) is 8.78. The Morgan fingerprint density at radius 2 is 2.26 bits per heavy atom. The van der Waals surface area contributed by atoms with Crippen molar-refractivity contribution < 1.29 is 14.6 Å². The average molecular weight is 342 g/mol. The summed E-state index contributed by atoms with van der Waals surface area (Å²) in [5.74, 6) is -0.652. The molecule has 4 N–H and O–H groups in total. The molecule has 1 aromatic heterocycles. The summed E-state index contributed by atoms with van der Waals surface area (Å²) in [6.45, 7) is 3.73. The lowest BCUT2D eigenvalue weighted by atomic mass is 10.1. The number of hydrazine groups is 1. The van der Waals surface area contributed by atoms with Crippen LogP contribution in [0.15, 0.2) is 4.99 Å². The summed E-state index contributed by atoms with van der Waals surface area (Å²) in [7, 11) is 0. The van der Waals surface area contributed by atoms with E-state index in [-0.39, 0.29) is 18.4 Å². The molecule has 1 heterocycles. The Kier molecular flexibility index (Phi) is 7.06. The number of aliphatic imine (C=N–C) groups is 1. The summed E-state index contributed by atoms with van der Waals surface area (Å²) >= 11 is 1.26. The lowest BCUT2D eigenvalue weighted by Crippen LogP contribution is -2.37. The number of aromatic nitrogens is 1. The minimum atomic E-state index is -0.813. The number of rotatable bonds is 8. The SMILES string of the molecule is Cc1nc(C)c(C(=O)NC(C=O)CCCN=C(N)N[N+](=O)[O-])s1. The molecule has 0 fully saturated rings. The fraction of sp³-hybridized carbons (Fsp3) is 0.500. The minimum absolute atomic E-state index is 0.200. The number of aryl methyl sites for hydroxylation is 2. The van der Waals surface area contributed by atoms with Crippen LogP contribution in [-0.4, -0.2) is 40.8 Å². The van der Waals surface area contributed by atoms with Gasteiger partial charge in [0.2, 0.25) is 0 Å². The number of nitrogens with zero attached hydrogens (tertiary/aromatic N) is 3. The van der Waals surface area contributed by atoms with Gasteiger partial charge in [-0.25, -0.2) is 20.1 Å². The van der Waals surface area contributed by atoms with Crippen LogP contribution in [0.1, 0.15) is 33.2 Å². The zero-order valence-corrected chi connectivity index (χ0v) is 13.6. The van der Waals surface area contributed by atoms with Crippen LogP contribution in [-0.2, 0) is 4.79 Å². The Bertz CT molecular complexity index is 615. The first-order valence-electron chi connectivity index (χ1n) is 6.74. The second-order valence-electron chi connectivity index (χ2n) is 4.64. The highest BCUT2D eigenvalue weighted by Crippen LogP contribution is 2.17. The van der Waals surface area contributed by atoms with E-state index in [0.29, 0.717) is 29.7 Å². The van der Waals surface area contributed by atoms with Crippen molar-refractivity contribution in [3.8, 4) is 0 Å². The summed E-state index contributed by atoms with van der Waals surface area (Å²) in [4.78, 5) is 41.6. The molecule has 0 radical (unpaired) electrons. The number of hydrogen-bond acceptors (Lipinski definition) is 7. The summed E-state index contributed by atoms with van der Waals surface area (Å²) in [6.07, 6.45) is 1.43. The van der Waals surface area contributed by atoms with Crippen LogP contribution >= 0.6 is 11.3 Å². The van der Waals surface area contributed by atoms with Gasteiger partial charge in [0.05, 0.1) is 16.7 Å². The van der Waals surface area contributed by atoms with E-state index in [9.17, 15) is 19.7 Å². The van der Waals surface area contributed by atoms with Gasteiger partial charge in [-0.15, -0.1) is 11.3 Å². The van der Waals surface area contributed by atoms with Gasteiger partial charge in [0.1, 0.15) is 11.2 Å². The number of nitro groups is 1. The predicted octanol–water partition coefficient (Wildman–Crippen LogP) is -0.0666.